The van der Waals surface area contributed by atoms with Crippen LogP contribution in [-0.2, 0) is 0 Å². The van der Waals surface area contributed by atoms with Crippen LogP contribution in [0.2, 0.25) is 0 Å². The second-order valence-corrected chi connectivity index (χ2v) is 4.13. The van der Waals surface area contributed by atoms with Crippen molar-refractivity contribution in [3.63, 3.8) is 0 Å². The highest BCUT2D eigenvalue weighted by Crippen LogP contribution is 2.19. The molecule has 2 aromatic rings. The molecule has 0 heterocycles. The van der Waals surface area contributed by atoms with Crippen LogP contribution >= 0.6 is 0 Å². The van der Waals surface area contributed by atoms with E-state index in [2.05, 4.69) is 4.74 Å². The highest BCUT2D eigenvalue weighted by molar-refractivity contribution is 6.67. The van der Waals surface area contributed by atoms with E-state index in [-0.39, 0.29) is 13.3 Å². The molecule has 0 unspecified atom stereocenters. The fourth-order valence-electron chi connectivity index (χ4n) is 1.74. The molecule has 0 saturated heterocycles. The van der Waals surface area contributed by atoms with Gasteiger partial charge in [-0.3, -0.25) is 0 Å². The Bertz CT molecular complexity index is 722. The van der Waals surface area contributed by atoms with Crippen molar-refractivity contribution in [2.24, 2.45) is 0 Å². The maximum absolute atomic E-state index is 13.9. The first-order chi connectivity index (χ1) is 10.3. The van der Waals surface area contributed by atoms with Gasteiger partial charge in [0.05, 0.1) is 7.11 Å². The van der Waals surface area contributed by atoms with Crippen molar-refractivity contribution in [3.8, 4) is 5.75 Å². The van der Waals surface area contributed by atoms with E-state index >= 15 is 0 Å². The SMILES string of the molecule is COc1cc(F)c(F)c([B]c2c(F)c(F)cc(F)c2F)c1F. The minimum Gasteiger partial charge on any atom is -0.494 e. The highest BCUT2D eigenvalue weighted by atomic mass is 19.2. The molecule has 9 heteroatoms. The molecule has 0 N–H and O–H groups in total. The molecule has 0 bridgehead atoms. The zero-order valence-corrected chi connectivity index (χ0v) is 10.8. The first kappa shape index (κ1) is 16.2. The molecule has 0 aliphatic rings. The molecule has 0 aromatic heterocycles. The summed E-state index contributed by atoms with van der Waals surface area (Å²) in [5.74, 6) is -12.9. The average Bonchev–Trinajstić information content (AvgIpc) is 2.48. The molecule has 115 valence electrons. The number of hydrogen-bond acceptors (Lipinski definition) is 1. The fraction of sp³-hybridized carbons (Fsp3) is 0.0769. The number of methoxy groups -OCH3 is 1. The van der Waals surface area contributed by atoms with E-state index < -0.39 is 57.4 Å². The van der Waals surface area contributed by atoms with Crippen LogP contribution in [-0.4, -0.2) is 14.4 Å². The molecule has 2 rings (SSSR count). The zero-order valence-electron chi connectivity index (χ0n) is 10.8. The molecule has 0 aliphatic heterocycles. The van der Waals surface area contributed by atoms with E-state index in [0.717, 1.165) is 7.11 Å². The second kappa shape index (κ2) is 5.90. The van der Waals surface area contributed by atoms with Crippen LogP contribution < -0.4 is 15.7 Å². The summed E-state index contributed by atoms with van der Waals surface area (Å²) in [6, 6.07) is 0.307. The van der Waals surface area contributed by atoms with E-state index in [0.29, 0.717) is 6.07 Å². The molecule has 0 saturated carbocycles. The van der Waals surface area contributed by atoms with E-state index in [1.54, 1.807) is 0 Å². The molecule has 22 heavy (non-hydrogen) atoms. The first-order valence-electron chi connectivity index (χ1n) is 5.67. The summed E-state index contributed by atoms with van der Waals surface area (Å²) >= 11 is 0. The molecule has 0 amide bonds. The standard InChI is InChI=1S/C13H5BF7O/c1-22-7-3-6(17)12(20)9(13(7)21)14-8-10(18)4(15)2-5(16)11(8)19/h2-3H,1H3. The quantitative estimate of drug-likeness (QED) is 0.479. The Labute approximate surface area is 120 Å². The van der Waals surface area contributed by atoms with Crippen molar-refractivity contribution < 1.29 is 35.5 Å². The zero-order chi connectivity index (χ0) is 16.6. The monoisotopic (exact) mass is 321 g/mol. The topological polar surface area (TPSA) is 9.23 Å². The Morgan fingerprint density at radius 2 is 1.09 bits per heavy atom. The molecule has 1 nitrogen and oxygen atoms in total. The summed E-state index contributed by atoms with van der Waals surface area (Å²) in [4.78, 5) is 0. The van der Waals surface area contributed by atoms with Gasteiger partial charge >= 0.3 is 0 Å². The minimum atomic E-state index is -1.87. The van der Waals surface area contributed by atoms with Gasteiger partial charge in [0, 0.05) is 12.1 Å². The number of rotatable bonds is 3. The van der Waals surface area contributed by atoms with Gasteiger partial charge in [-0.05, 0) is 10.9 Å². The smallest absolute Gasteiger partial charge is 0.207 e. The van der Waals surface area contributed by atoms with Crippen molar-refractivity contribution in [3.05, 3.63) is 52.9 Å². The lowest BCUT2D eigenvalue weighted by atomic mass is 9.62. The molecular weight excluding hydrogens is 316 g/mol. The predicted molar refractivity (Wildman–Crippen MR) is 64.2 cm³/mol. The van der Waals surface area contributed by atoms with E-state index in [4.69, 9.17) is 0 Å². The van der Waals surface area contributed by atoms with Gasteiger partial charge in [-0.15, -0.1) is 0 Å². The van der Waals surface area contributed by atoms with Gasteiger partial charge in [0.1, 0.15) is 0 Å². The molecule has 0 spiro atoms. The van der Waals surface area contributed by atoms with Crippen LogP contribution in [0.4, 0.5) is 30.7 Å². The molecule has 0 fully saturated rings. The molecule has 0 atom stereocenters. The lowest BCUT2D eigenvalue weighted by Gasteiger charge is -2.11. The van der Waals surface area contributed by atoms with Gasteiger partial charge in [-0.2, -0.15) is 0 Å². The first-order valence-corrected chi connectivity index (χ1v) is 5.67. The van der Waals surface area contributed by atoms with Gasteiger partial charge < -0.3 is 4.74 Å². The van der Waals surface area contributed by atoms with Crippen LogP contribution in [0, 0.1) is 40.7 Å². The van der Waals surface area contributed by atoms with Crippen molar-refractivity contribution in [1.82, 2.24) is 0 Å². The third-order valence-corrected chi connectivity index (χ3v) is 2.81. The minimum absolute atomic E-state index is 0.0686. The third kappa shape index (κ3) is 2.62. The van der Waals surface area contributed by atoms with E-state index in [9.17, 15) is 30.7 Å². The van der Waals surface area contributed by atoms with Gasteiger partial charge in [-0.1, -0.05) is 0 Å². The summed E-state index contributed by atoms with van der Waals surface area (Å²) in [5, 5.41) is 0. The maximum atomic E-state index is 13.9. The largest absolute Gasteiger partial charge is 0.494 e. The highest BCUT2D eigenvalue weighted by Gasteiger charge is 2.26. The van der Waals surface area contributed by atoms with E-state index in [1.165, 1.54) is 0 Å². The number of benzene rings is 2. The molecular formula is C13H5BF7O. The summed E-state index contributed by atoms with van der Waals surface area (Å²) < 4.78 is 98.3. The number of halogens is 7. The molecule has 1 radical (unpaired) electrons. The van der Waals surface area contributed by atoms with Crippen LogP contribution in [0.1, 0.15) is 0 Å². The fourth-order valence-corrected chi connectivity index (χ4v) is 1.74. The molecule has 0 aliphatic carbocycles. The lowest BCUT2D eigenvalue weighted by molar-refractivity contribution is 0.379. The maximum Gasteiger partial charge on any atom is 0.207 e. The van der Waals surface area contributed by atoms with Crippen molar-refractivity contribution in [2.75, 3.05) is 7.11 Å². The Morgan fingerprint density at radius 3 is 1.55 bits per heavy atom. The van der Waals surface area contributed by atoms with Gasteiger partial charge in [0.2, 0.25) is 7.28 Å². The summed E-state index contributed by atoms with van der Waals surface area (Å²) in [7, 11) is 1.07. The summed E-state index contributed by atoms with van der Waals surface area (Å²) in [6.07, 6.45) is 0. The average molecular weight is 321 g/mol. The van der Waals surface area contributed by atoms with Crippen molar-refractivity contribution in [1.29, 1.82) is 0 Å². The van der Waals surface area contributed by atoms with Gasteiger partial charge in [-0.25, -0.2) is 30.7 Å². The van der Waals surface area contributed by atoms with E-state index in [1.807, 2.05) is 0 Å². The van der Waals surface area contributed by atoms with Crippen molar-refractivity contribution in [2.45, 2.75) is 0 Å². The van der Waals surface area contributed by atoms with Crippen LogP contribution in [0.15, 0.2) is 12.1 Å². The van der Waals surface area contributed by atoms with Gasteiger partial charge in [0.15, 0.2) is 46.5 Å². The lowest BCUT2D eigenvalue weighted by Crippen LogP contribution is -2.38. The number of hydrogen-bond donors (Lipinski definition) is 0. The predicted octanol–water partition coefficient (Wildman–Crippen LogP) is 2.32. The van der Waals surface area contributed by atoms with Crippen LogP contribution in [0.25, 0.3) is 0 Å². The Kier molecular flexibility index (Phi) is 4.34. The normalized spacial score (nSPS) is 10.7. The Morgan fingerprint density at radius 1 is 0.682 bits per heavy atom. The summed E-state index contributed by atoms with van der Waals surface area (Å²) in [6.45, 7) is 0. The summed E-state index contributed by atoms with van der Waals surface area (Å²) in [5.41, 5.74) is -2.62. The van der Waals surface area contributed by atoms with Crippen LogP contribution in [0.3, 0.4) is 0 Å². The van der Waals surface area contributed by atoms with Gasteiger partial charge in [0.25, 0.3) is 0 Å². The third-order valence-electron chi connectivity index (χ3n) is 2.81. The van der Waals surface area contributed by atoms with Crippen molar-refractivity contribution >= 4 is 18.2 Å². The number of ether oxygens (including phenoxy) is 1. The second-order valence-electron chi connectivity index (χ2n) is 4.13. The Hall–Kier alpha value is -2.19. The molecule has 2 aromatic carbocycles. The van der Waals surface area contributed by atoms with Crippen LogP contribution in [0.5, 0.6) is 5.75 Å². The Balaban J connectivity index is 2.64.